The Morgan fingerprint density at radius 2 is 1.71 bits per heavy atom. The van der Waals surface area contributed by atoms with Gasteiger partial charge in [-0.05, 0) is 12.8 Å². The maximum atomic E-state index is 11.6. The van der Waals surface area contributed by atoms with Gasteiger partial charge < -0.3 is 10.0 Å². The number of allylic oxidation sites excluding steroid dienone is 2. The molecule has 1 aliphatic rings. The van der Waals surface area contributed by atoms with Gasteiger partial charge in [-0.15, -0.1) is 0 Å². The third-order valence-electron chi connectivity index (χ3n) is 2.51. The van der Waals surface area contributed by atoms with Gasteiger partial charge in [-0.25, -0.2) is 0 Å². The molecular formula is C10H15NO3. The summed E-state index contributed by atoms with van der Waals surface area (Å²) in [5.41, 5.74) is 0. The summed E-state index contributed by atoms with van der Waals surface area (Å²) in [6.07, 6.45) is 4.71. The monoisotopic (exact) mass is 197 g/mol. The number of carboxylic acid groups (broad SMARTS) is 1. The van der Waals surface area contributed by atoms with Crippen LogP contribution in [-0.4, -0.2) is 36.0 Å². The van der Waals surface area contributed by atoms with Crippen LogP contribution in [0, 0.1) is 11.8 Å². The van der Waals surface area contributed by atoms with Crippen molar-refractivity contribution in [2.75, 3.05) is 14.1 Å². The van der Waals surface area contributed by atoms with Crippen molar-refractivity contribution in [1.29, 1.82) is 0 Å². The van der Waals surface area contributed by atoms with Gasteiger partial charge in [0.2, 0.25) is 5.91 Å². The van der Waals surface area contributed by atoms with Crippen molar-refractivity contribution in [1.82, 2.24) is 4.90 Å². The lowest BCUT2D eigenvalue weighted by atomic mass is 9.82. The second-order valence-electron chi connectivity index (χ2n) is 3.73. The van der Waals surface area contributed by atoms with Crippen LogP contribution in [0.2, 0.25) is 0 Å². The molecule has 0 saturated carbocycles. The number of carbonyl (C=O) groups is 2. The van der Waals surface area contributed by atoms with Crippen LogP contribution in [0.1, 0.15) is 12.8 Å². The van der Waals surface area contributed by atoms with E-state index in [2.05, 4.69) is 0 Å². The topological polar surface area (TPSA) is 57.6 Å². The Balaban J connectivity index is 2.79. The third kappa shape index (κ3) is 2.13. The molecule has 78 valence electrons. The largest absolute Gasteiger partial charge is 0.481 e. The van der Waals surface area contributed by atoms with Crippen LogP contribution >= 0.6 is 0 Å². The summed E-state index contributed by atoms with van der Waals surface area (Å²) < 4.78 is 0. The molecule has 4 nitrogen and oxygen atoms in total. The normalized spacial score (nSPS) is 25.9. The quantitative estimate of drug-likeness (QED) is 0.664. The van der Waals surface area contributed by atoms with Crippen molar-refractivity contribution in [3.8, 4) is 0 Å². The minimum Gasteiger partial charge on any atom is -0.481 e. The SMILES string of the molecule is CN(C)C(=O)[C@@H]1CC=CC[C@H]1C(=O)O. The summed E-state index contributed by atoms with van der Waals surface area (Å²) in [6, 6.07) is 0. The standard InChI is InChI=1S/C10H15NO3/c1-11(2)9(12)7-5-3-4-6-8(7)10(13)14/h3-4,7-8H,5-6H2,1-2H3,(H,13,14)/t7-,8-/m1/s1. The van der Waals surface area contributed by atoms with Gasteiger partial charge in [0.1, 0.15) is 0 Å². The van der Waals surface area contributed by atoms with Crippen LogP contribution in [0.5, 0.6) is 0 Å². The van der Waals surface area contributed by atoms with E-state index in [0.717, 1.165) is 0 Å². The Hall–Kier alpha value is -1.32. The highest BCUT2D eigenvalue weighted by atomic mass is 16.4. The Bertz CT molecular complexity index is 271. The molecule has 14 heavy (non-hydrogen) atoms. The van der Waals surface area contributed by atoms with E-state index in [1.807, 2.05) is 12.2 Å². The second-order valence-corrected chi connectivity index (χ2v) is 3.73. The minimum atomic E-state index is -0.880. The number of nitrogens with zero attached hydrogens (tertiary/aromatic N) is 1. The zero-order valence-corrected chi connectivity index (χ0v) is 8.43. The summed E-state index contributed by atoms with van der Waals surface area (Å²) in [4.78, 5) is 24.0. The van der Waals surface area contributed by atoms with Gasteiger partial charge in [0.25, 0.3) is 0 Å². The molecule has 1 rings (SSSR count). The summed E-state index contributed by atoms with van der Waals surface area (Å²) >= 11 is 0. The third-order valence-corrected chi connectivity index (χ3v) is 2.51. The predicted molar refractivity (Wildman–Crippen MR) is 51.7 cm³/mol. The molecule has 0 spiro atoms. The molecule has 0 heterocycles. The average Bonchev–Trinajstić information content (AvgIpc) is 2.16. The molecule has 1 amide bonds. The van der Waals surface area contributed by atoms with Crippen molar-refractivity contribution in [3.63, 3.8) is 0 Å². The van der Waals surface area contributed by atoms with E-state index in [1.165, 1.54) is 4.90 Å². The highest BCUT2D eigenvalue weighted by Crippen LogP contribution is 2.26. The zero-order chi connectivity index (χ0) is 10.7. The van der Waals surface area contributed by atoms with E-state index in [4.69, 9.17) is 5.11 Å². The van der Waals surface area contributed by atoms with E-state index in [9.17, 15) is 9.59 Å². The Labute approximate surface area is 83.2 Å². The zero-order valence-electron chi connectivity index (χ0n) is 8.43. The molecule has 2 atom stereocenters. The lowest BCUT2D eigenvalue weighted by Crippen LogP contribution is -2.38. The van der Waals surface area contributed by atoms with E-state index in [1.54, 1.807) is 14.1 Å². The van der Waals surface area contributed by atoms with Crippen molar-refractivity contribution in [2.45, 2.75) is 12.8 Å². The van der Waals surface area contributed by atoms with Gasteiger partial charge in [-0.2, -0.15) is 0 Å². The van der Waals surface area contributed by atoms with Crippen LogP contribution < -0.4 is 0 Å². The van der Waals surface area contributed by atoms with E-state index < -0.39 is 17.8 Å². The fourth-order valence-corrected chi connectivity index (χ4v) is 1.69. The molecule has 0 saturated heterocycles. The number of carboxylic acids is 1. The van der Waals surface area contributed by atoms with E-state index in [-0.39, 0.29) is 5.91 Å². The van der Waals surface area contributed by atoms with Crippen molar-refractivity contribution < 1.29 is 14.7 Å². The van der Waals surface area contributed by atoms with Gasteiger partial charge in [-0.1, -0.05) is 12.2 Å². The number of rotatable bonds is 2. The molecule has 0 radical (unpaired) electrons. The fraction of sp³-hybridized carbons (Fsp3) is 0.600. The van der Waals surface area contributed by atoms with E-state index in [0.29, 0.717) is 12.8 Å². The van der Waals surface area contributed by atoms with Crippen LogP contribution in [0.25, 0.3) is 0 Å². The van der Waals surface area contributed by atoms with Crippen molar-refractivity contribution >= 4 is 11.9 Å². The van der Waals surface area contributed by atoms with Gasteiger partial charge >= 0.3 is 5.97 Å². The lowest BCUT2D eigenvalue weighted by molar-refractivity contribution is -0.149. The van der Waals surface area contributed by atoms with Crippen LogP contribution in [0.3, 0.4) is 0 Å². The maximum Gasteiger partial charge on any atom is 0.307 e. The van der Waals surface area contributed by atoms with Gasteiger partial charge in [0, 0.05) is 14.1 Å². The van der Waals surface area contributed by atoms with Gasteiger partial charge in [-0.3, -0.25) is 9.59 Å². The molecule has 0 aromatic heterocycles. The summed E-state index contributed by atoms with van der Waals surface area (Å²) in [6.45, 7) is 0. The first kappa shape index (κ1) is 10.8. The molecule has 0 aliphatic heterocycles. The minimum absolute atomic E-state index is 0.0956. The van der Waals surface area contributed by atoms with Crippen LogP contribution in [0.15, 0.2) is 12.2 Å². The first-order chi connectivity index (χ1) is 6.54. The maximum absolute atomic E-state index is 11.6. The number of hydrogen-bond donors (Lipinski definition) is 1. The second kappa shape index (κ2) is 4.26. The van der Waals surface area contributed by atoms with Crippen LogP contribution in [-0.2, 0) is 9.59 Å². The molecule has 0 aromatic rings. The molecule has 0 fully saturated rings. The Morgan fingerprint density at radius 3 is 2.14 bits per heavy atom. The Kier molecular flexibility index (Phi) is 3.28. The Morgan fingerprint density at radius 1 is 1.21 bits per heavy atom. The molecule has 4 heteroatoms. The van der Waals surface area contributed by atoms with Crippen LogP contribution in [0.4, 0.5) is 0 Å². The van der Waals surface area contributed by atoms with E-state index >= 15 is 0 Å². The molecule has 1 N–H and O–H groups in total. The van der Waals surface area contributed by atoms with Crippen molar-refractivity contribution in [2.24, 2.45) is 11.8 Å². The number of aliphatic carboxylic acids is 1. The lowest BCUT2D eigenvalue weighted by Gasteiger charge is -2.26. The number of carbonyl (C=O) groups excluding carboxylic acids is 1. The number of hydrogen-bond acceptors (Lipinski definition) is 2. The van der Waals surface area contributed by atoms with Gasteiger partial charge in [0.05, 0.1) is 11.8 Å². The molecular weight excluding hydrogens is 182 g/mol. The van der Waals surface area contributed by atoms with Crippen molar-refractivity contribution in [3.05, 3.63) is 12.2 Å². The molecule has 0 aromatic carbocycles. The van der Waals surface area contributed by atoms with Gasteiger partial charge in [0.15, 0.2) is 0 Å². The molecule has 0 bridgehead atoms. The molecule has 0 unspecified atom stereocenters. The predicted octanol–water partition coefficient (Wildman–Crippen LogP) is 0.742. The highest BCUT2D eigenvalue weighted by Gasteiger charge is 2.34. The number of amides is 1. The summed E-state index contributed by atoms with van der Waals surface area (Å²) in [5.74, 6) is -1.93. The smallest absolute Gasteiger partial charge is 0.307 e. The molecule has 1 aliphatic carbocycles. The first-order valence-corrected chi connectivity index (χ1v) is 4.63. The summed E-state index contributed by atoms with van der Waals surface area (Å²) in [5, 5.41) is 8.93. The average molecular weight is 197 g/mol. The first-order valence-electron chi connectivity index (χ1n) is 4.63. The highest BCUT2D eigenvalue weighted by molar-refractivity contribution is 5.85. The fourth-order valence-electron chi connectivity index (χ4n) is 1.69. The summed E-state index contributed by atoms with van der Waals surface area (Å²) in [7, 11) is 3.30.